The van der Waals surface area contributed by atoms with Gasteiger partial charge in [0, 0.05) is 19.0 Å². The molecule has 3 aromatic carbocycles. The highest BCUT2D eigenvalue weighted by atomic mass is 28.4. The Morgan fingerprint density at radius 3 is 2.03 bits per heavy atom. The van der Waals surface area contributed by atoms with Gasteiger partial charge < -0.3 is 9.16 Å². The van der Waals surface area contributed by atoms with Crippen LogP contribution in [0.1, 0.15) is 35.2 Å². The largest absolute Gasteiger partial charge is 0.547 e. The molecule has 4 rings (SSSR count). The Morgan fingerprint density at radius 1 is 0.812 bits per heavy atom. The maximum absolute atomic E-state index is 6.57. The molecule has 2 atom stereocenters. The lowest BCUT2D eigenvalue weighted by Gasteiger charge is -2.42. The molecule has 0 saturated carbocycles. The van der Waals surface area contributed by atoms with E-state index in [1.807, 2.05) is 0 Å². The quantitative estimate of drug-likeness (QED) is 0.363. The van der Waals surface area contributed by atoms with Crippen molar-refractivity contribution in [2.24, 2.45) is 0 Å². The van der Waals surface area contributed by atoms with Crippen molar-refractivity contribution in [2.75, 3.05) is 7.11 Å². The molecular formula is C28H33NO2Si. The topological polar surface area (TPSA) is 21.7 Å². The van der Waals surface area contributed by atoms with Crippen LogP contribution in [0, 0.1) is 0 Å². The first-order valence-corrected chi connectivity index (χ1v) is 14.7. The van der Waals surface area contributed by atoms with E-state index < -0.39 is 8.32 Å². The van der Waals surface area contributed by atoms with E-state index in [0.29, 0.717) is 0 Å². The van der Waals surface area contributed by atoms with Crippen LogP contribution in [0.25, 0.3) is 0 Å². The lowest BCUT2D eigenvalue weighted by atomic mass is 9.90. The van der Waals surface area contributed by atoms with Crippen LogP contribution < -0.4 is 4.74 Å². The molecule has 0 fully saturated rings. The number of ether oxygens (including phenoxy) is 1. The summed E-state index contributed by atoms with van der Waals surface area (Å²) in [6.45, 7) is 7.63. The average molecular weight is 444 g/mol. The highest BCUT2D eigenvalue weighted by molar-refractivity contribution is 6.70. The average Bonchev–Trinajstić information content (AvgIpc) is 2.80. The van der Waals surface area contributed by atoms with Gasteiger partial charge in [0.15, 0.2) is 0 Å². The maximum Gasteiger partial charge on any atom is 0.241 e. The van der Waals surface area contributed by atoms with E-state index in [1.54, 1.807) is 7.11 Å². The minimum atomic E-state index is -1.72. The van der Waals surface area contributed by atoms with Crippen molar-refractivity contribution in [2.45, 2.75) is 44.7 Å². The van der Waals surface area contributed by atoms with Crippen LogP contribution >= 0.6 is 0 Å². The highest BCUT2D eigenvalue weighted by Crippen LogP contribution is 2.43. The lowest BCUT2D eigenvalue weighted by Crippen LogP contribution is -2.37. The molecule has 3 nitrogen and oxygen atoms in total. The van der Waals surface area contributed by atoms with Crippen LogP contribution in [0.2, 0.25) is 19.6 Å². The van der Waals surface area contributed by atoms with Gasteiger partial charge in [-0.2, -0.15) is 0 Å². The van der Waals surface area contributed by atoms with Crippen molar-refractivity contribution < 1.29 is 9.16 Å². The van der Waals surface area contributed by atoms with Gasteiger partial charge in [-0.05, 0) is 54.5 Å². The summed E-state index contributed by atoms with van der Waals surface area (Å²) < 4.78 is 12.0. The summed E-state index contributed by atoms with van der Waals surface area (Å²) in [6, 6.07) is 30.4. The van der Waals surface area contributed by atoms with Gasteiger partial charge in [0.05, 0.1) is 18.9 Å². The van der Waals surface area contributed by atoms with Gasteiger partial charge in [-0.25, -0.2) is 0 Å². The van der Waals surface area contributed by atoms with E-state index in [0.717, 1.165) is 24.5 Å². The predicted molar refractivity (Wildman–Crippen MR) is 134 cm³/mol. The standard InChI is InChI=1S/C28H33NO2Si/c1-30-25-17-15-24(16-18-25)28-20-26(31-32(2,3)4)19-27(23-13-9-6-10-14-23)29(28)21-22-11-7-5-8-12-22/h5-19,27-28H,20-21H2,1-4H3. The van der Waals surface area contributed by atoms with E-state index in [9.17, 15) is 0 Å². The number of rotatable bonds is 7. The second-order valence-corrected chi connectivity index (χ2v) is 13.8. The fraction of sp³-hybridized carbons (Fsp3) is 0.286. The number of hydrogen-bond acceptors (Lipinski definition) is 3. The molecule has 0 aliphatic carbocycles. The van der Waals surface area contributed by atoms with Crippen LogP contribution in [0.15, 0.2) is 96.8 Å². The molecule has 0 saturated heterocycles. The van der Waals surface area contributed by atoms with Crippen LogP contribution in [-0.4, -0.2) is 20.3 Å². The Kier molecular flexibility index (Phi) is 6.82. The summed E-state index contributed by atoms with van der Waals surface area (Å²) in [5, 5.41) is 0. The van der Waals surface area contributed by atoms with E-state index in [1.165, 1.54) is 16.7 Å². The first kappa shape index (κ1) is 22.4. The van der Waals surface area contributed by atoms with Crippen LogP contribution in [0.5, 0.6) is 5.75 Å². The molecule has 0 amide bonds. The number of nitrogens with zero attached hydrogens (tertiary/aromatic N) is 1. The third kappa shape index (κ3) is 5.50. The molecule has 1 aliphatic heterocycles. The van der Waals surface area contributed by atoms with E-state index >= 15 is 0 Å². The fourth-order valence-corrected chi connectivity index (χ4v) is 5.32. The Hall–Kier alpha value is -2.82. The molecule has 3 aromatic rings. The monoisotopic (exact) mass is 443 g/mol. The van der Waals surface area contributed by atoms with Crippen LogP contribution in [-0.2, 0) is 11.0 Å². The lowest BCUT2D eigenvalue weighted by molar-refractivity contribution is 0.119. The summed E-state index contributed by atoms with van der Waals surface area (Å²) in [7, 11) is -0.00969. The predicted octanol–water partition coefficient (Wildman–Crippen LogP) is 7.12. The smallest absolute Gasteiger partial charge is 0.241 e. The molecular weight excluding hydrogens is 410 g/mol. The van der Waals surface area contributed by atoms with Crippen molar-refractivity contribution in [1.29, 1.82) is 0 Å². The molecule has 32 heavy (non-hydrogen) atoms. The molecule has 0 N–H and O–H groups in total. The second-order valence-electron chi connectivity index (χ2n) is 9.35. The van der Waals surface area contributed by atoms with Crippen molar-refractivity contribution in [3.05, 3.63) is 113 Å². The molecule has 0 spiro atoms. The number of benzene rings is 3. The number of hydrogen-bond donors (Lipinski definition) is 0. The first-order chi connectivity index (χ1) is 15.4. The van der Waals surface area contributed by atoms with Crippen LogP contribution in [0.3, 0.4) is 0 Å². The molecule has 0 bridgehead atoms. The Morgan fingerprint density at radius 2 is 1.44 bits per heavy atom. The summed E-state index contributed by atoms with van der Waals surface area (Å²) in [5.74, 6) is 2.00. The van der Waals surface area contributed by atoms with E-state index in [-0.39, 0.29) is 12.1 Å². The SMILES string of the molecule is COc1ccc(C2CC(O[Si](C)(C)C)=CC(c3ccccc3)N2Cc2ccccc2)cc1. The zero-order valence-electron chi connectivity index (χ0n) is 19.5. The van der Waals surface area contributed by atoms with Gasteiger partial charge in [-0.15, -0.1) is 0 Å². The van der Waals surface area contributed by atoms with Crippen LogP contribution in [0.4, 0.5) is 0 Å². The number of methoxy groups -OCH3 is 1. The van der Waals surface area contributed by atoms with Crippen molar-refractivity contribution >= 4 is 8.32 Å². The molecule has 2 unspecified atom stereocenters. The molecule has 4 heteroatoms. The van der Waals surface area contributed by atoms with Gasteiger partial charge >= 0.3 is 0 Å². The Labute approximate surface area is 193 Å². The molecule has 166 valence electrons. The van der Waals surface area contributed by atoms with Gasteiger partial charge in [0.25, 0.3) is 0 Å². The maximum atomic E-state index is 6.57. The molecule has 0 aromatic heterocycles. The van der Waals surface area contributed by atoms with Crippen molar-refractivity contribution in [3.8, 4) is 5.75 Å². The summed E-state index contributed by atoms with van der Waals surface area (Å²) in [4.78, 5) is 2.60. The third-order valence-corrected chi connectivity index (χ3v) is 6.66. The molecule has 1 heterocycles. The summed E-state index contributed by atoms with van der Waals surface area (Å²) >= 11 is 0. The second kappa shape index (κ2) is 9.76. The fourth-order valence-electron chi connectivity index (χ4n) is 4.39. The minimum absolute atomic E-state index is 0.142. The van der Waals surface area contributed by atoms with Gasteiger partial charge in [0.2, 0.25) is 8.32 Å². The summed E-state index contributed by atoms with van der Waals surface area (Å²) in [5.41, 5.74) is 3.89. The zero-order chi connectivity index (χ0) is 22.6. The van der Waals surface area contributed by atoms with Crippen molar-refractivity contribution in [3.63, 3.8) is 0 Å². The van der Waals surface area contributed by atoms with Gasteiger partial charge in [0.1, 0.15) is 5.75 Å². The highest BCUT2D eigenvalue weighted by Gasteiger charge is 2.34. The van der Waals surface area contributed by atoms with E-state index in [2.05, 4.69) is 116 Å². The summed E-state index contributed by atoms with van der Waals surface area (Å²) in [6.07, 6.45) is 3.21. The van der Waals surface area contributed by atoms with Gasteiger partial charge in [-0.3, -0.25) is 4.90 Å². The molecule has 0 radical (unpaired) electrons. The Balaban J connectivity index is 1.79. The third-order valence-electron chi connectivity index (χ3n) is 5.78. The first-order valence-electron chi connectivity index (χ1n) is 11.3. The zero-order valence-corrected chi connectivity index (χ0v) is 20.5. The minimum Gasteiger partial charge on any atom is -0.547 e. The molecule has 1 aliphatic rings. The van der Waals surface area contributed by atoms with E-state index in [4.69, 9.17) is 9.16 Å². The Bertz CT molecular complexity index is 1030. The van der Waals surface area contributed by atoms with Crippen molar-refractivity contribution in [1.82, 2.24) is 4.90 Å². The normalized spacial score (nSPS) is 19.3. The van der Waals surface area contributed by atoms with Gasteiger partial charge in [-0.1, -0.05) is 72.8 Å².